The average Bonchev–Trinajstić information content (AvgIpc) is 2.25. The maximum atomic E-state index is 6.02. The molecule has 2 nitrogen and oxygen atoms in total. The molecular formula is C14H19NO. The first-order valence-electron chi connectivity index (χ1n) is 5.55. The van der Waals surface area contributed by atoms with Crippen molar-refractivity contribution in [2.24, 2.45) is 5.73 Å². The molecule has 0 aliphatic heterocycles. The first-order valence-corrected chi connectivity index (χ1v) is 5.55. The third kappa shape index (κ3) is 3.96. The Labute approximate surface area is 97.8 Å². The topological polar surface area (TPSA) is 35.2 Å². The molecule has 1 aromatic carbocycles. The number of ether oxygens (including phenoxy) is 1. The number of nitrogens with two attached hydrogens (primary N) is 1. The average molecular weight is 217 g/mol. The second kappa shape index (κ2) is 6.19. The van der Waals surface area contributed by atoms with Crippen LogP contribution in [0.4, 0.5) is 0 Å². The molecule has 86 valence electrons. The third-order valence-corrected chi connectivity index (χ3v) is 2.16. The zero-order valence-corrected chi connectivity index (χ0v) is 10.2. The standard InChI is InChI=1S/C14H19NO/c1-4-5-9-14(15)12-7-6-8-13(10-12)16-11(2)3/h6-8,10-11,14H,9,15H2,1-3H3. The van der Waals surface area contributed by atoms with Crippen LogP contribution in [0.25, 0.3) is 0 Å². The Kier molecular flexibility index (Phi) is 4.88. The Morgan fingerprint density at radius 3 is 2.75 bits per heavy atom. The molecule has 0 radical (unpaired) electrons. The van der Waals surface area contributed by atoms with E-state index in [1.807, 2.05) is 45.0 Å². The van der Waals surface area contributed by atoms with Crippen molar-refractivity contribution < 1.29 is 4.74 Å². The summed E-state index contributed by atoms with van der Waals surface area (Å²) in [5.74, 6) is 6.71. The van der Waals surface area contributed by atoms with Crippen LogP contribution in [0.1, 0.15) is 38.8 Å². The van der Waals surface area contributed by atoms with Gasteiger partial charge in [0.25, 0.3) is 0 Å². The van der Waals surface area contributed by atoms with E-state index in [9.17, 15) is 0 Å². The lowest BCUT2D eigenvalue weighted by atomic mass is 10.0. The second-order valence-electron chi connectivity index (χ2n) is 3.98. The van der Waals surface area contributed by atoms with E-state index in [1.165, 1.54) is 0 Å². The van der Waals surface area contributed by atoms with Gasteiger partial charge >= 0.3 is 0 Å². The summed E-state index contributed by atoms with van der Waals surface area (Å²) in [4.78, 5) is 0. The van der Waals surface area contributed by atoms with Gasteiger partial charge in [-0.2, -0.15) is 0 Å². The molecular weight excluding hydrogens is 198 g/mol. The molecule has 0 bridgehead atoms. The van der Waals surface area contributed by atoms with E-state index in [-0.39, 0.29) is 12.1 Å². The monoisotopic (exact) mass is 217 g/mol. The minimum atomic E-state index is -0.0387. The van der Waals surface area contributed by atoms with Gasteiger partial charge in [-0.3, -0.25) is 0 Å². The first kappa shape index (κ1) is 12.6. The molecule has 0 amide bonds. The largest absolute Gasteiger partial charge is 0.491 e. The van der Waals surface area contributed by atoms with E-state index < -0.39 is 0 Å². The molecule has 16 heavy (non-hydrogen) atoms. The van der Waals surface area contributed by atoms with Crippen molar-refractivity contribution in [2.45, 2.75) is 39.3 Å². The Morgan fingerprint density at radius 2 is 2.12 bits per heavy atom. The van der Waals surface area contributed by atoms with Gasteiger partial charge in [-0.25, -0.2) is 0 Å². The SMILES string of the molecule is CC#CCC(N)c1cccc(OC(C)C)c1. The lowest BCUT2D eigenvalue weighted by Gasteiger charge is -2.13. The van der Waals surface area contributed by atoms with Gasteiger partial charge in [0.05, 0.1) is 6.10 Å². The van der Waals surface area contributed by atoms with Crippen LogP contribution in [-0.2, 0) is 0 Å². The lowest BCUT2D eigenvalue weighted by molar-refractivity contribution is 0.242. The summed E-state index contributed by atoms with van der Waals surface area (Å²) in [6, 6.07) is 7.87. The van der Waals surface area contributed by atoms with E-state index in [0.717, 1.165) is 11.3 Å². The molecule has 2 heteroatoms. The summed E-state index contributed by atoms with van der Waals surface area (Å²) in [7, 11) is 0. The molecule has 0 saturated heterocycles. The number of benzene rings is 1. The first-order chi connectivity index (χ1) is 7.63. The van der Waals surface area contributed by atoms with Gasteiger partial charge in [0.2, 0.25) is 0 Å². The number of hydrogen-bond donors (Lipinski definition) is 1. The number of hydrogen-bond acceptors (Lipinski definition) is 2. The zero-order valence-electron chi connectivity index (χ0n) is 10.2. The fraction of sp³-hybridized carbons (Fsp3) is 0.429. The predicted octanol–water partition coefficient (Wildman–Crippen LogP) is 2.89. The van der Waals surface area contributed by atoms with Crippen molar-refractivity contribution in [1.29, 1.82) is 0 Å². The fourth-order valence-corrected chi connectivity index (χ4v) is 1.42. The molecule has 0 aliphatic rings. The van der Waals surface area contributed by atoms with Crippen LogP contribution < -0.4 is 10.5 Å². The zero-order chi connectivity index (χ0) is 12.0. The van der Waals surface area contributed by atoms with Crippen molar-refractivity contribution >= 4 is 0 Å². The summed E-state index contributed by atoms with van der Waals surface area (Å²) in [5.41, 5.74) is 7.09. The normalized spacial score (nSPS) is 11.8. The molecule has 0 heterocycles. The summed E-state index contributed by atoms with van der Waals surface area (Å²) in [6.07, 6.45) is 0.864. The molecule has 1 atom stereocenters. The Bertz CT molecular complexity index is 387. The van der Waals surface area contributed by atoms with Crippen molar-refractivity contribution in [1.82, 2.24) is 0 Å². The van der Waals surface area contributed by atoms with Crippen molar-refractivity contribution in [3.05, 3.63) is 29.8 Å². The minimum Gasteiger partial charge on any atom is -0.491 e. The van der Waals surface area contributed by atoms with Crippen LogP contribution in [0.15, 0.2) is 24.3 Å². The summed E-state index contributed by atoms with van der Waals surface area (Å²) >= 11 is 0. The van der Waals surface area contributed by atoms with E-state index in [1.54, 1.807) is 0 Å². The Hall–Kier alpha value is -1.46. The van der Waals surface area contributed by atoms with Gasteiger partial charge in [-0.15, -0.1) is 11.8 Å². The fourth-order valence-electron chi connectivity index (χ4n) is 1.42. The quantitative estimate of drug-likeness (QED) is 0.787. The highest BCUT2D eigenvalue weighted by molar-refractivity contribution is 5.31. The molecule has 0 aliphatic carbocycles. The molecule has 1 unspecified atom stereocenters. The molecule has 2 N–H and O–H groups in total. The maximum absolute atomic E-state index is 6.02. The summed E-state index contributed by atoms with van der Waals surface area (Å²) in [5, 5.41) is 0. The van der Waals surface area contributed by atoms with Crippen LogP contribution in [0.3, 0.4) is 0 Å². The molecule has 0 aromatic heterocycles. The molecule has 1 rings (SSSR count). The minimum absolute atomic E-state index is 0.0387. The van der Waals surface area contributed by atoms with E-state index in [2.05, 4.69) is 11.8 Å². The molecule has 1 aromatic rings. The summed E-state index contributed by atoms with van der Waals surface area (Å²) in [6.45, 7) is 5.84. The maximum Gasteiger partial charge on any atom is 0.120 e. The van der Waals surface area contributed by atoms with Crippen molar-refractivity contribution in [3.8, 4) is 17.6 Å². The van der Waals surface area contributed by atoms with Gasteiger partial charge in [0.1, 0.15) is 5.75 Å². The highest BCUT2D eigenvalue weighted by Gasteiger charge is 2.06. The Morgan fingerprint density at radius 1 is 1.38 bits per heavy atom. The van der Waals surface area contributed by atoms with Gasteiger partial charge in [-0.05, 0) is 38.5 Å². The van der Waals surface area contributed by atoms with Gasteiger partial charge < -0.3 is 10.5 Å². The van der Waals surface area contributed by atoms with E-state index >= 15 is 0 Å². The third-order valence-electron chi connectivity index (χ3n) is 2.16. The van der Waals surface area contributed by atoms with Crippen LogP contribution in [0.2, 0.25) is 0 Å². The van der Waals surface area contributed by atoms with Crippen molar-refractivity contribution in [2.75, 3.05) is 0 Å². The van der Waals surface area contributed by atoms with Crippen LogP contribution in [0, 0.1) is 11.8 Å². The van der Waals surface area contributed by atoms with Crippen LogP contribution >= 0.6 is 0 Å². The van der Waals surface area contributed by atoms with Gasteiger partial charge in [-0.1, -0.05) is 12.1 Å². The predicted molar refractivity (Wildman–Crippen MR) is 67.2 cm³/mol. The molecule has 0 spiro atoms. The smallest absolute Gasteiger partial charge is 0.120 e. The van der Waals surface area contributed by atoms with Crippen LogP contribution in [0.5, 0.6) is 5.75 Å². The highest BCUT2D eigenvalue weighted by Crippen LogP contribution is 2.20. The lowest BCUT2D eigenvalue weighted by Crippen LogP contribution is -2.10. The Balaban J connectivity index is 2.75. The molecule has 0 fully saturated rings. The van der Waals surface area contributed by atoms with Crippen molar-refractivity contribution in [3.63, 3.8) is 0 Å². The van der Waals surface area contributed by atoms with E-state index in [0.29, 0.717) is 6.42 Å². The van der Waals surface area contributed by atoms with E-state index in [4.69, 9.17) is 10.5 Å². The number of rotatable bonds is 4. The van der Waals surface area contributed by atoms with Gasteiger partial charge in [0, 0.05) is 12.5 Å². The second-order valence-corrected chi connectivity index (χ2v) is 3.98. The molecule has 0 saturated carbocycles. The van der Waals surface area contributed by atoms with Crippen LogP contribution in [-0.4, -0.2) is 6.10 Å². The summed E-state index contributed by atoms with van der Waals surface area (Å²) < 4.78 is 5.62. The van der Waals surface area contributed by atoms with Gasteiger partial charge in [0.15, 0.2) is 0 Å². The highest BCUT2D eigenvalue weighted by atomic mass is 16.5.